The van der Waals surface area contributed by atoms with Crippen LogP contribution in [0.2, 0.25) is 0 Å². The molecule has 0 rings (SSSR count). The number of hydrogen-bond acceptors (Lipinski definition) is 5. The number of esters is 1. The summed E-state index contributed by atoms with van der Waals surface area (Å²) in [6.45, 7) is 14.5. The van der Waals surface area contributed by atoms with Gasteiger partial charge in [0.2, 0.25) is 0 Å². The largest absolute Gasteiger partial charge is 0.478 e. The summed E-state index contributed by atoms with van der Waals surface area (Å²) < 4.78 is 14.7. The molecule has 116 valence electrons. The van der Waals surface area contributed by atoms with Gasteiger partial charge in [-0.1, -0.05) is 13.2 Å². The Kier molecular flexibility index (Phi) is 12.8. The Balaban J connectivity index is 0. The molecule has 0 heterocycles. The number of rotatable bonds is 8. The standard InChI is InChI=1S/C9H16O4.C5H8O2/c1-5-12-8(4)13-7(3)6(2)9(10)11;1-3-5(6)7-4-2/h7-8H,2,5H2,1,3-4H3,(H,10,11);3H,1,4H2,2H3. The molecular formula is C14H24O6. The van der Waals surface area contributed by atoms with E-state index in [1.807, 2.05) is 6.92 Å². The van der Waals surface area contributed by atoms with Crippen molar-refractivity contribution in [2.24, 2.45) is 0 Å². The van der Waals surface area contributed by atoms with Gasteiger partial charge in [-0.05, 0) is 27.7 Å². The van der Waals surface area contributed by atoms with Gasteiger partial charge < -0.3 is 19.3 Å². The maximum Gasteiger partial charge on any atom is 0.333 e. The normalized spacial score (nSPS) is 12.4. The van der Waals surface area contributed by atoms with Crippen LogP contribution in [0.4, 0.5) is 0 Å². The predicted octanol–water partition coefficient (Wildman–Crippen LogP) is 2.15. The van der Waals surface area contributed by atoms with Crippen molar-refractivity contribution in [3.05, 3.63) is 24.8 Å². The topological polar surface area (TPSA) is 82.1 Å². The van der Waals surface area contributed by atoms with Crippen LogP contribution in [0, 0.1) is 0 Å². The molecule has 2 unspecified atom stereocenters. The Labute approximate surface area is 120 Å². The highest BCUT2D eigenvalue weighted by Crippen LogP contribution is 2.07. The van der Waals surface area contributed by atoms with Crippen molar-refractivity contribution in [2.75, 3.05) is 13.2 Å². The third kappa shape index (κ3) is 11.4. The zero-order valence-corrected chi connectivity index (χ0v) is 12.5. The van der Waals surface area contributed by atoms with Crippen LogP contribution >= 0.6 is 0 Å². The molecule has 2 atom stereocenters. The molecule has 6 heteroatoms. The minimum atomic E-state index is -1.05. The quantitative estimate of drug-likeness (QED) is 0.418. The van der Waals surface area contributed by atoms with E-state index < -0.39 is 18.4 Å². The highest BCUT2D eigenvalue weighted by molar-refractivity contribution is 5.86. The van der Waals surface area contributed by atoms with Crippen LogP contribution < -0.4 is 0 Å². The van der Waals surface area contributed by atoms with E-state index in [9.17, 15) is 9.59 Å². The SMILES string of the molecule is C=C(C(=O)O)C(C)OC(C)OCC.C=CC(=O)OCC. The summed E-state index contributed by atoms with van der Waals surface area (Å²) in [7, 11) is 0. The third-order valence-corrected chi connectivity index (χ3v) is 2.02. The summed E-state index contributed by atoms with van der Waals surface area (Å²) in [5.41, 5.74) is 0.0338. The van der Waals surface area contributed by atoms with E-state index in [0.29, 0.717) is 13.2 Å². The molecule has 0 aromatic rings. The van der Waals surface area contributed by atoms with E-state index in [-0.39, 0.29) is 11.5 Å². The van der Waals surface area contributed by atoms with Crippen LogP contribution in [0.25, 0.3) is 0 Å². The zero-order valence-electron chi connectivity index (χ0n) is 12.5. The molecule has 0 aromatic carbocycles. The number of carboxylic acids is 1. The highest BCUT2D eigenvalue weighted by atomic mass is 16.7. The molecule has 20 heavy (non-hydrogen) atoms. The second-order valence-corrected chi connectivity index (χ2v) is 3.59. The molecule has 0 spiro atoms. The Hall–Kier alpha value is -1.66. The molecule has 0 aromatic heterocycles. The predicted molar refractivity (Wildman–Crippen MR) is 75.2 cm³/mol. The lowest BCUT2D eigenvalue weighted by molar-refractivity contribution is -0.151. The number of carboxylic acid groups (broad SMARTS) is 1. The average molecular weight is 288 g/mol. The lowest BCUT2D eigenvalue weighted by Crippen LogP contribution is -2.24. The van der Waals surface area contributed by atoms with E-state index in [1.165, 1.54) is 0 Å². The summed E-state index contributed by atoms with van der Waals surface area (Å²) in [6, 6.07) is 0. The first-order valence-corrected chi connectivity index (χ1v) is 6.28. The van der Waals surface area contributed by atoms with E-state index in [1.54, 1.807) is 20.8 Å². The average Bonchev–Trinajstić information content (AvgIpc) is 2.38. The number of carbonyl (C=O) groups excluding carboxylic acids is 1. The van der Waals surface area contributed by atoms with Crippen molar-refractivity contribution in [1.82, 2.24) is 0 Å². The first-order valence-electron chi connectivity index (χ1n) is 6.28. The second-order valence-electron chi connectivity index (χ2n) is 3.59. The van der Waals surface area contributed by atoms with Crippen LogP contribution in [0.3, 0.4) is 0 Å². The fraction of sp³-hybridized carbons (Fsp3) is 0.571. The summed E-state index contributed by atoms with van der Waals surface area (Å²) >= 11 is 0. The first-order chi connectivity index (χ1) is 9.29. The smallest absolute Gasteiger partial charge is 0.333 e. The van der Waals surface area contributed by atoms with Crippen LogP contribution in [0.1, 0.15) is 27.7 Å². The van der Waals surface area contributed by atoms with Gasteiger partial charge in [-0.25, -0.2) is 9.59 Å². The van der Waals surface area contributed by atoms with Crippen LogP contribution in [-0.4, -0.2) is 42.7 Å². The van der Waals surface area contributed by atoms with Gasteiger partial charge in [-0.15, -0.1) is 0 Å². The van der Waals surface area contributed by atoms with Gasteiger partial charge in [0.25, 0.3) is 0 Å². The first kappa shape index (κ1) is 20.7. The molecule has 0 saturated carbocycles. The van der Waals surface area contributed by atoms with Crippen LogP contribution in [0.5, 0.6) is 0 Å². The van der Waals surface area contributed by atoms with Crippen molar-refractivity contribution in [1.29, 1.82) is 0 Å². The molecule has 1 N–H and O–H groups in total. The van der Waals surface area contributed by atoms with Crippen molar-refractivity contribution < 1.29 is 28.9 Å². The minimum absolute atomic E-state index is 0.0338. The fourth-order valence-corrected chi connectivity index (χ4v) is 1.02. The number of aliphatic carboxylic acids is 1. The summed E-state index contributed by atoms with van der Waals surface area (Å²) in [5.74, 6) is -1.40. The Morgan fingerprint density at radius 1 is 1.25 bits per heavy atom. The number of ether oxygens (including phenoxy) is 3. The maximum absolute atomic E-state index is 10.5. The Bertz CT molecular complexity index is 324. The third-order valence-electron chi connectivity index (χ3n) is 2.02. The summed E-state index contributed by atoms with van der Waals surface area (Å²) in [4.78, 5) is 20.5. The zero-order chi connectivity index (χ0) is 16.1. The fourth-order valence-electron chi connectivity index (χ4n) is 1.02. The molecule has 0 aliphatic heterocycles. The highest BCUT2D eigenvalue weighted by Gasteiger charge is 2.16. The van der Waals surface area contributed by atoms with Crippen LogP contribution in [0.15, 0.2) is 24.8 Å². The molecule has 0 fully saturated rings. The number of hydrogen-bond donors (Lipinski definition) is 1. The lowest BCUT2D eigenvalue weighted by atomic mass is 10.2. The monoisotopic (exact) mass is 288 g/mol. The second kappa shape index (κ2) is 12.4. The van der Waals surface area contributed by atoms with Crippen LogP contribution in [-0.2, 0) is 23.8 Å². The lowest BCUT2D eigenvalue weighted by Gasteiger charge is -2.18. The van der Waals surface area contributed by atoms with Crippen molar-refractivity contribution >= 4 is 11.9 Å². The van der Waals surface area contributed by atoms with Gasteiger partial charge in [-0.2, -0.15) is 0 Å². The summed E-state index contributed by atoms with van der Waals surface area (Å²) in [6.07, 6.45) is 0.207. The Morgan fingerprint density at radius 2 is 1.80 bits per heavy atom. The molecule has 0 radical (unpaired) electrons. The molecule has 0 amide bonds. The van der Waals surface area contributed by atoms with E-state index >= 15 is 0 Å². The van der Waals surface area contributed by atoms with Gasteiger partial charge in [-0.3, -0.25) is 0 Å². The summed E-state index contributed by atoms with van der Waals surface area (Å²) in [5, 5.41) is 8.57. The molecule has 6 nitrogen and oxygen atoms in total. The molecule has 0 aliphatic rings. The minimum Gasteiger partial charge on any atom is -0.478 e. The van der Waals surface area contributed by atoms with Gasteiger partial charge >= 0.3 is 11.9 Å². The number of carbonyl (C=O) groups is 2. The van der Waals surface area contributed by atoms with Gasteiger partial charge in [0.15, 0.2) is 6.29 Å². The molecule has 0 bridgehead atoms. The molecule has 0 saturated heterocycles. The maximum atomic E-state index is 10.5. The van der Waals surface area contributed by atoms with Gasteiger partial charge in [0, 0.05) is 12.7 Å². The molecule has 0 aliphatic carbocycles. The Morgan fingerprint density at radius 3 is 2.10 bits per heavy atom. The van der Waals surface area contributed by atoms with E-state index in [2.05, 4.69) is 17.9 Å². The van der Waals surface area contributed by atoms with E-state index in [4.69, 9.17) is 14.6 Å². The van der Waals surface area contributed by atoms with Crippen molar-refractivity contribution in [2.45, 2.75) is 40.1 Å². The van der Waals surface area contributed by atoms with Gasteiger partial charge in [0.1, 0.15) is 0 Å². The van der Waals surface area contributed by atoms with Crippen molar-refractivity contribution in [3.63, 3.8) is 0 Å². The van der Waals surface area contributed by atoms with E-state index in [0.717, 1.165) is 6.08 Å². The van der Waals surface area contributed by atoms with Crippen molar-refractivity contribution in [3.8, 4) is 0 Å². The molecular weight excluding hydrogens is 264 g/mol. The van der Waals surface area contributed by atoms with Gasteiger partial charge in [0.05, 0.1) is 18.3 Å².